The van der Waals surface area contributed by atoms with Crippen molar-refractivity contribution >= 4 is 11.6 Å². The number of hydroxylamine groups is 2. The molecule has 1 saturated heterocycles. The molecule has 0 unspecified atom stereocenters. The Balaban J connectivity index is 1.21. The fraction of sp³-hybridized carbons (Fsp3) is 0.440. The smallest absolute Gasteiger partial charge is 0.249 e. The van der Waals surface area contributed by atoms with Crippen LogP contribution in [0.4, 0.5) is 8.78 Å². The van der Waals surface area contributed by atoms with Crippen LogP contribution in [0.5, 0.6) is 0 Å². The van der Waals surface area contributed by atoms with E-state index in [9.17, 15) is 13.6 Å². The van der Waals surface area contributed by atoms with Crippen LogP contribution in [0.2, 0.25) is 0 Å². The van der Waals surface area contributed by atoms with Crippen molar-refractivity contribution < 1.29 is 18.4 Å². The molecule has 5 nitrogen and oxygen atoms in total. The molecule has 2 fully saturated rings. The lowest BCUT2D eigenvalue weighted by atomic mass is 9.79. The molecule has 168 valence electrons. The number of rotatable bonds is 4. The number of benzene rings is 1. The summed E-state index contributed by atoms with van der Waals surface area (Å²) in [7, 11) is 0. The van der Waals surface area contributed by atoms with Crippen molar-refractivity contribution in [2.45, 2.75) is 51.5 Å². The van der Waals surface area contributed by atoms with E-state index < -0.39 is 17.7 Å². The molecule has 1 amide bonds. The van der Waals surface area contributed by atoms with Gasteiger partial charge in [0.15, 0.2) is 0 Å². The molecule has 7 heteroatoms. The van der Waals surface area contributed by atoms with Crippen LogP contribution in [0, 0.1) is 30.4 Å². The van der Waals surface area contributed by atoms with E-state index in [1.54, 1.807) is 0 Å². The van der Waals surface area contributed by atoms with E-state index in [-0.39, 0.29) is 11.8 Å². The van der Waals surface area contributed by atoms with Crippen molar-refractivity contribution in [1.82, 2.24) is 14.4 Å². The van der Waals surface area contributed by atoms with Gasteiger partial charge in [0, 0.05) is 30.8 Å². The molecule has 3 aromatic rings. The summed E-state index contributed by atoms with van der Waals surface area (Å²) in [6.45, 7) is 2.37. The van der Waals surface area contributed by atoms with Gasteiger partial charge in [0.1, 0.15) is 17.3 Å². The zero-order valence-corrected chi connectivity index (χ0v) is 18.1. The number of aromatic nitrogens is 2. The topological polar surface area (TPSA) is 46.8 Å². The monoisotopic (exact) mass is 439 g/mol. The zero-order valence-electron chi connectivity index (χ0n) is 18.1. The molecule has 1 aromatic carbocycles. The third-order valence-corrected chi connectivity index (χ3v) is 6.74. The first kappa shape index (κ1) is 21.1. The lowest BCUT2D eigenvalue weighted by molar-refractivity contribution is -0.183. The van der Waals surface area contributed by atoms with Gasteiger partial charge < -0.3 is 4.40 Å². The number of amides is 1. The number of nitrogens with zero attached hydrogens (tertiary/aromatic N) is 3. The number of aryl methyl sites for hydroxylation is 1. The number of imidazole rings is 1. The van der Waals surface area contributed by atoms with Gasteiger partial charge in [0.25, 0.3) is 0 Å². The van der Waals surface area contributed by atoms with Gasteiger partial charge in [-0.3, -0.25) is 9.63 Å². The molecule has 32 heavy (non-hydrogen) atoms. The van der Waals surface area contributed by atoms with Crippen molar-refractivity contribution in [3.63, 3.8) is 0 Å². The molecule has 1 aliphatic heterocycles. The molecule has 3 heterocycles. The summed E-state index contributed by atoms with van der Waals surface area (Å²) in [6.07, 6.45) is 9.27. The quantitative estimate of drug-likeness (QED) is 0.563. The third kappa shape index (κ3) is 4.26. The molecule has 1 saturated carbocycles. The van der Waals surface area contributed by atoms with Crippen LogP contribution in [-0.2, 0) is 16.1 Å². The first-order chi connectivity index (χ1) is 15.5. The maximum Gasteiger partial charge on any atom is 0.249 e. The van der Waals surface area contributed by atoms with Crippen LogP contribution in [0.25, 0.3) is 5.65 Å². The predicted molar refractivity (Wildman–Crippen MR) is 116 cm³/mol. The standard InChI is InChI=1S/C25H27F2N3O2/c1-16-14-29-15-18(4-7-24(29)28-16)10-17-2-5-19(6-3-17)25(31)30-23(8-9-32-30)20-11-21(26)13-22(27)12-20/h4,7,11-15,17,19,23H,2-3,5-6,8-10H2,1H3/t17?,19?,23-/m0/s1. The van der Waals surface area contributed by atoms with Crippen molar-refractivity contribution in [3.05, 3.63) is 71.2 Å². The van der Waals surface area contributed by atoms with Crippen molar-refractivity contribution in [3.8, 4) is 0 Å². The highest BCUT2D eigenvalue weighted by molar-refractivity contribution is 5.78. The second-order valence-electron chi connectivity index (χ2n) is 9.11. The highest BCUT2D eigenvalue weighted by atomic mass is 19.1. The molecule has 1 aliphatic carbocycles. The number of pyridine rings is 1. The van der Waals surface area contributed by atoms with E-state index in [1.165, 1.54) is 22.8 Å². The van der Waals surface area contributed by atoms with E-state index in [1.807, 2.05) is 13.1 Å². The van der Waals surface area contributed by atoms with E-state index in [2.05, 4.69) is 27.7 Å². The minimum absolute atomic E-state index is 0.0640. The molecule has 0 radical (unpaired) electrons. The van der Waals surface area contributed by atoms with Gasteiger partial charge in [-0.25, -0.2) is 18.8 Å². The van der Waals surface area contributed by atoms with E-state index >= 15 is 0 Å². The summed E-state index contributed by atoms with van der Waals surface area (Å²) in [5.41, 5.74) is 3.69. The first-order valence-electron chi connectivity index (χ1n) is 11.3. The molecule has 5 rings (SSSR count). The fourth-order valence-corrected chi connectivity index (χ4v) is 5.17. The van der Waals surface area contributed by atoms with Crippen molar-refractivity contribution in [1.29, 1.82) is 0 Å². The van der Waals surface area contributed by atoms with Gasteiger partial charge in [0.2, 0.25) is 5.91 Å². The molecule has 0 N–H and O–H groups in total. The van der Waals surface area contributed by atoms with Gasteiger partial charge in [0.05, 0.1) is 18.3 Å². The predicted octanol–water partition coefficient (Wildman–Crippen LogP) is 5.18. The minimum Gasteiger partial charge on any atom is -0.307 e. The second kappa shape index (κ2) is 8.62. The van der Waals surface area contributed by atoms with Crippen molar-refractivity contribution in [2.24, 2.45) is 11.8 Å². The Morgan fingerprint density at radius 1 is 1.06 bits per heavy atom. The van der Waals surface area contributed by atoms with Crippen LogP contribution in [0.15, 0.2) is 42.7 Å². The van der Waals surface area contributed by atoms with Gasteiger partial charge in [-0.1, -0.05) is 6.07 Å². The molecule has 2 aromatic heterocycles. The molecular weight excluding hydrogens is 412 g/mol. The Morgan fingerprint density at radius 2 is 1.81 bits per heavy atom. The lowest BCUT2D eigenvalue weighted by Gasteiger charge is -2.32. The number of hydrogen-bond acceptors (Lipinski definition) is 3. The number of carbonyl (C=O) groups is 1. The summed E-state index contributed by atoms with van der Waals surface area (Å²) >= 11 is 0. The van der Waals surface area contributed by atoms with Gasteiger partial charge in [-0.2, -0.15) is 0 Å². The maximum absolute atomic E-state index is 13.7. The molecule has 0 spiro atoms. The number of carbonyl (C=O) groups excluding carboxylic acids is 1. The van der Waals surface area contributed by atoms with Gasteiger partial charge >= 0.3 is 0 Å². The Bertz CT molecular complexity index is 1120. The Labute approximate surface area is 186 Å². The molecule has 0 bridgehead atoms. The summed E-state index contributed by atoms with van der Waals surface area (Å²) < 4.78 is 29.4. The van der Waals surface area contributed by atoms with Crippen LogP contribution in [-0.4, -0.2) is 27.0 Å². The summed E-state index contributed by atoms with van der Waals surface area (Å²) in [6, 6.07) is 7.18. The Kier molecular flexibility index (Phi) is 5.67. The highest BCUT2D eigenvalue weighted by Gasteiger charge is 2.37. The largest absolute Gasteiger partial charge is 0.307 e. The normalized spacial score (nSPS) is 23.7. The van der Waals surface area contributed by atoms with Crippen LogP contribution >= 0.6 is 0 Å². The third-order valence-electron chi connectivity index (χ3n) is 6.74. The Hall–Kier alpha value is -2.80. The summed E-state index contributed by atoms with van der Waals surface area (Å²) in [5, 5.41) is 1.37. The van der Waals surface area contributed by atoms with E-state index in [0.29, 0.717) is 24.5 Å². The number of hydrogen-bond donors (Lipinski definition) is 0. The summed E-state index contributed by atoms with van der Waals surface area (Å²) in [5.74, 6) is -0.906. The Morgan fingerprint density at radius 3 is 2.56 bits per heavy atom. The lowest BCUT2D eigenvalue weighted by Crippen LogP contribution is -2.36. The van der Waals surface area contributed by atoms with Crippen LogP contribution in [0.3, 0.4) is 0 Å². The SMILES string of the molecule is Cc1cn2cc(CC3CCC(C(=O)N4OCC[C@H]4c4cc(F)cc(F)c4)CC3)ccc2n1. The van der Waals surface area contributed by atoms with Crippen molar-refractivity contribution in [2.75, 3.05) is 6.61 Å². The van der Waals surface area contributed by atoms with E-state index in [0.717, 1.165) is 49.5 Å². The van der Waals surface area contributed by atoms with Crippen LogP contribution < -0.4 is 0 Å². The first-order valence-corrected chi connectivity index (χ1v) is 11.3. The molecule has 2 aliphatic rings. The minimum atomic E-state index is -0.635. The number of halogens is 2. The average molecular weight is 440 g/mol. The highest BCUT2D eigenvalue weighted by Crippen LogP contribution is 2.37. The maximum atomic E-state index is 13.7. The second-order valence-corrected chi connectivity index (χ2v) is 9.11. The fourth-order valence-electron chi connectivity index (χ4n) is 5.17. The van der Waals surface area contributed by atoms with Crippen LogP contribution in [0.1, 0.15) is 55.0 Å². The van der Waals surface area contributed by atoms with Gasteiger partial charge in [-0.05, 0) is 74.3 Å². The zero-order chi connectivity index (χ0) is 22.2. The average Bonchev–Trinajstić information content (AvgIpc) is 3.39. The van der Waals surface area contributed by atoms with Gasteiger partial charge in [-0.15, -0.1) is 0 Å². The molecular formula is C25H27F2N3O2. The summed E-state index contributed by atoms with van der Waals surface area (Å²) in [4.78, 5) is 23.3. The molecule has 1 atom stereocenters. The van der Waals surface area contributed by atoms with E-state index in [4.69, 9.17) is 4.84 Å². The number of fused-ring (bicyclic) bond motifs is 1.